The number of carbonyl (C=O) groups excluding carboxylic acids is 1. The van der Waals surface area contributed by atoms with Crippen LogP contribution in [-0.4, -0.2) is 37.8 Å². The smallest absolute Gasteiger partial charge is 0.303 e. The maximum absolute atomic E-state index is 12.0. The predicted molar refractivity (Wildman–Crippen MR) is 76.9 cm³/mol. The fraction of sp³-hybridized carbons (Fsp3) is 0.769. The van der Waals surface area contributed by atoms with E-state index in [1.54, 1.807) is 0 Å². The summed E-state index contributed by atoms with van der Waals surface area (Å²) in [5.74, 6) is -0.651. The SMILES string of the molecule is CN1CCCCCC/C=C\[C@@H]2C[C@]2(N)C(=O)NS1(=O)=O. The zero-order chi connectivity index (χ0) is 14.8. The van der Waals surface area contributed by atoms with Crippen molar-refractivity contribution in [2.45, 2.75) is 44.1 Å². The normalized spacial score (nSPS) is 37.3. The molecule has 0 aromatic carbocycles. The largest absolute Gasteiger partial charge is 0.317 e. The molecule has 2 rings (SSSR count). The van der Waals surface area contributed by atoms with Crippen LogP contribution in [-0.2, 0) is 15.0 Å². The van der Waals surface area contributed by atoms with Gasteiger partial charge in [0, 0.05) is 19.5 Å². The summed E-state index contributed by atoms with van der Waals surface area (Å²) in [7, 11) is -2.29. The number of nitrogens with two attached hydrogens (primary N) is 1. The van der Waals surface area contributed by atoms with Gasteiger partial charge in [-0.25, -0.2) is 4.72 Å². The number of carbonyl (C=O) groups is 1. The zero-order valence-corrected chi connectivity index (χ0v) is 12.7. The van der Waals surface area contributed by atoms with Gasteiger partial charge in [-0.1, -0.05) is 25.0 Å². The Balaban J connectivity index is 2.11. The van der Waals surface area contributed by atoms with Gasteiger partial charge in [0.05, 0.1) is 0 Å². The average Bonchev–Trinajstić information content (AvgIpc) is 3.03. The van der Waals surface area contributed by atoms with Crippen molar-refractivity contribution in [3.05, 3.63) is 12.2 Å². The Morgan fingerprint density at radius 3 is 2.80 bits per heavy atom. The molecule has 0 aromatic heterocycles. The van der Waals surface area contributed by atoms with Crippen molar-refractivity contribution in [3.8, 4) is 0 Å². The third kappa shape index (κ3) is 3.39. The molecule has 1 fully saturated rings. The monoisotopic (exact) mass is 301 g/mol. The van der Waals surface area contributed by atoms with E-state index < -0.39 is 21.7 Å². The molecule has 1 saturated carbocycles. The van der Waals surface area contributed by atoms with Crippen molar-refractivity contribution in [2.24, 2.45) is 11.7 Å². The van der Waals surface area contributed by atoms with Crippen LogP contribution >= 0.6 is 0 Å². The third-order valence-electron chi connectivity index (χ3n) is 4.08. The zero-order valence-electron chi connectivity index (χ0n) is 11.8. The van der Waals surface area contributed by atoms with Gasteiger partial charge in [-0.2, -0.15) is 12.7 Å². The summed E-state index contributed by atoms with van der Waals surface area (Å²) in [6, 6.07) is 0. The van der Waals surface area contributed by atoms with Crippen LogP contribution in [0.4, 0.5) is 0 Å². The number of amides is 1. The molecule has 0 bridgehead atoms. The first-order chi connectivity index (χ1) is 9.36. The van der Waals surface area contributed by atoms with Crippen LogP contribution < -0.4 is 10.5 Å². The summed E-state index contributed by atoms with van der Waals surface area (Å²) < 4.78 is 27.3. The van der Waals surface area contributed by atoms with Crippen molar-refractivity contribution < 1.29 is 13.2 Å². The topological polar surface area (TPSA) is 92.5 Å². The Morgan fingerprint density at radius 1 is 1.35 bits per heavy atom. The Bertz CT molecular complexity index is 503. The number of rotatable bonds is 0. The molecule has 1 heterocycles. The third-order valence-corrected chi connectivity index (χ3v) is 5.52. The summed E-state index contributed by atoms with van der Waals surface area (Å²) in [5, 5.41) is 0. The quantitative estimate of drug-likeness (QED) is 0.638. The fourth-order valence-electron chi connectivity index (χ4n) is 2.43. The van der Waals surface area contributed by atoms with Gasteiger partial charge >= 0.3 is 10.2 Å². The minimum atomic E-state index is -3.77. The summed E-state index contributed by atoms with van der Waals surface area (Å²) in [4.78, 5) is 12.0. The molecule has 0 spiro atoms. The maximum Gasteiger partial charge on any atom is 0.303 e. The van der Waals surface area contributed by atoms with Crippen LogP contribution in [0, 0.1) is 5.92 Å². The maximum atomic E-state index is 12.0. The Hall–Kier alpha value is -0.920. The molecular weight excluding hydrogens is 278 g/mol. The molecule has 114 valence electrons. The molecule has 2 aliphatic rings. The van der Waals surface area contributed by atoms with Gasteiger partial charge in [-0.3, -0.25) is 4.79 Å². The van der Waals surface area contributed by atoms with E-state index in [1.807, 2.05) is 6.08 Å². The molecule has 7 heteroatoms. The summed E-state index contributed by atoms with van der Waals surface area (Å²) >= 11 is 0. The number of hydrogen-bond donors (Lipinski definition) is 2. The van der Waals surface area contributed by atoms with Crippen LogP contribution in [0.25, 0.3) is 0 Å². The second-order valence-electron chi connectivity index (χ2n) is 5.74. The van der Waals surface area contributed by atoms with E-state index >= 15 is 0 Å². The highest BCUT2D eigenvalue weighted by Crippen LogP contribution is 2.42. The van der Waals surface area contributed by atoms with Crippen LogP contribution in [0.3, 0.4) is 0 Å². The Labute approximate surface area is 120 Å². The van der Waals surface area contributed by atoms with Crippen molar-refractivity contribution in [2.75, 3.05) is 13.6 Å². The van der Waals surface area contributed by atoms with Gasteiger partial charge < -0.3 is 5.73 Å². The highest BCUT2D eigenvalue weighted by Gasteiger charge is 2.56. The minimum absolute atomic E-state index is 0.0500. The molecule has 3 N–H and O–H groups in total. The van der Waals surface area contributed by atoms with Crippen molar-refractivity contribution in [1.82, 2.24) is 9.03 Å². The van der Waals surface area contributed by atoms with Crippen LogP contribution in [0.15, 0.2) is 12.2 Å². The van der Waals surface area contributed by atoms with Gasteiger partial charge in [0.2, 0.25) is 0 Å². The predicted octanol–water partition coefficient (Wildman–Crippen LogP) is 0.517. The number of nitrogens with zero attached hydrogens (tertiary/aromatic N) is 1. The van der Waals surface area contributed by atoms with E-state index in [0.29, 0.717) is 13.0 Å². The van der Waals surface area contributed by atoms with Gasteiger partial charge in [-0.05, 0) is 25.7 Å². The van der Waals surface area contributed by atoms with Gasteiger partial charge in [-0.15, -0.1) is 0 Å². The molecule has 0 unspecified atom stereocenters. The van der Waals surface area contributed by atoms with Crippen molar-refractivity contribution >= 4 is 16.1 Å². The molecular formula is C13H23N3O3S. The summed E-state index contributed by atoms with van der Waals surface area (Å²) in [6.07, 6.45) is 9.46. The lowest BCUT2D eigenvalue weighted by Gasteiger charge is -2.19. The molecule has 0 aromatic rings. The summed E-state index contributed by atoms with van der Waals surface area (Å²) in [5.41, 5.74) is 4.90. The number of hydrogen-bond acceptors (Lipinski definition) is 4. The molecule has 1 aliphatic carbocycles. The molecule has 0 saturated heterocycles. The molecule has 1 amide bonds. The first kappa shape index (κ1) is 15.5. The summed E-state index contributed by atoms with van der Waals surface area (Å²) in [6.45, 7) is 0.416. The Morgan fingerprint density at radius 2 is 2.05 bits per heavy atom. The standard InChI is InChI=1S/C13H23N3O3S/c1-16-9-7-5-3-2-4-6-8-11-10-13(11,14)12(17)15-20(16,18)19/h6,8,11H,2-5,7,9-10,14H2,1H3,(H,15,17)/b8-6-/t11-,13-/m1/s1. The molecule has 6 nitrogen and oxygen atoms in total. The van der Waals surface area contributed by atoms with Gasteiger partial charge in [0.1, 0.15) is 5.54 Å². The van der Waals surface area contributed by atoms with Crippen LogP contribution in [0.1, 0.15) is 38.5 Å². The van der Waals surface area contributed by atoms with Crippen molar-refractivity contribution in [3.63, 3.8) is 0 Å². The fourth-order valence-corrected chi connectivity index (χ4v) is 3.38. The van der Waals surface area contributed by atoms with Gasteiger partial charge in [0.25, 0.3) is 5.91 Å². The second-order valence-corrected chi connectivity index (χ2v) is 7.52. The number of allylic oxidation sites excluding steroid dienone is 1. The number of nitrogens with one attached hydrogen (secondary N) is 1. The molecule has 2 atom stereocenters. The number of fused-ring (bicyclic) bond motifs is 1. The molecule has 0 radical (unpaired) electrons. The Kier molecular flexibility index (Phi) is 4.51. The highest BCUT2D eigenvalue weighted by molar-refractivity contribution is 7.87. The average molecular weight is 301 g/mol. The highest BCUT2D eigenvalue weighted by atomic mass is 32.2. The van der Waals surface area contributed by atoms with E-state index in [9.17, 15) is 13.2 Å². The molecule has 1 aliphatic heterocycles. The molecule has 20 heavy (non-hydrogen) atoms. The lowest BCUT2D eigenvalue weighted by atomic mass is 10.1. The van der Waals surface area contributed by atoms with E-state index in [0.717, 1.165) is 32.1 Å². The van der Waals surface area contributed by atoms with Crippen LogP contribution in [0.2, 0.25) is 0 Å². The van der Waals surface area contributed by atoms with Crippen molar-refractivity contribution in [1.29, 1.82) is 0 Å². The van der Waals surface area contributed by atoms with E-state index in [-0.39, 0.29) is 5.92 Å². The first-order valence-electron chi connectivity index (χ1n) is 7.10. The van der Waals surface area contributed by atoms with E-state index in [4.69, 9.17) is 5.73 Å². The lowest BCUT2D eigenvalue weighted by molar-refractivity contribution is -0.121. The second kappa shape index (κ2) is 5.83. The lowest BCUT2D eigenvalue weighted by Crippen LogP contribution is -2.50. The first-order valence-corrected chi connectivity index (χ1v) is 8.54. The van der Waals surface area contributed by atoms with E-state index in [2.05, 4.69) is 10.8 Å². The minimum Gasteiger partial charge on any atom is -0.317 e. The van der Waals surface area contributed by atoms with E-state index in [1.165, 1.54) is 11.4 Å². The van der Waals surface area contributed by atoms with Gasteiger partial charge in [0.15, 0.2) is 0 Å². The van der Waals surface area contributed by atoms with Crippen LogP contribution in [0.5, 0.6) is 0 Å².